The third-order valence-electron chi connectivity index (χ3n) is 3.26. The van der Waals surface area contributed by atoms with Crippen LogP contribution in [0.1, 0.15) is 42.5 Å². The van der Waals surface area contributed by atoms with Crippen LogP contribution in [-0.2, 0) is 0 Å². The summed E-state index contributed by atoms with van der Waals surface area (Å²) in [4.78, 5) is 12.2. The van der Waals surface area contributed by atoms with Crippen LogP contribution in [0.3, 0.4) is 0 Å². The van der Waals surface area contributed by atoms with Crippen molar-refractivity contribution in [1.29, 1.82) is 0 Å². The summed E-state index contributed by atoms with van der Waals surface area (Å²) in [7, 11) is 0. The maximum atomic E-state index is 12.2. The average Bonchev–Trinajstić information content (AvgIpc) is 2.29. The first-order valence-electron chi connectivity index (χ1n) is 5.77. The fourth-order valence-corrected chi connectivity index (χ4v) is 2.72. The lowest BCUT2D eigenvalue weighted by Gasteiger charge is -2.20. The van der Waals surface area contributed by atoms with Gasteiger partial charge in [0.1, 0.15) is 0 Å². The number of nitrogens with two attached hydrogens (primary N) is 1. The van der Waals surface area contributed by atoms with E-state index in [0.717, 1.165) is 17.3 Å². The summed E-state index contributed by atoms with van der Waals surface area (Å²) in [5.74, 6) is 0.418. The van der Waals surface area contributed by atoms with E-state index in [9.17, 15) is 4.79 Å². The van der Waals surface area contributed by atoms with Crippen LogP contribution in [0, 0.1) is 5.92 Å². The second-order valence-electron chi connectivity index (χ2n) is 4.43. The lowest BCUT2D eigenvalue weighted by atomic mass is 9.83. The first kappa shape index (κ1) is 11.6. The molecular weight excluding hydrogens is 266 g/mol. The van der Waals surface area contributed by atoms with Gasteiger partial charge in [-0.3, -0.25) is 4.79 Å². The molecule has 1 aliphatic carbocycles. The highest BCUT2D eigenvalue weighted by molar-refractivity contribution is 9.10. The molecule has 1 saturated carbocycles. The number of halogens is 1. The molecule has 86 valence electrons. The lowest BCUT2D eigenvalue weighted by molar-refractivity contribution is 0.0890. The molecule has 1 fully saturated rings. The van der Waals surface area contributed by atoms with Crippen LogP contribution >= 0.6 is 15.9 Å². The standard InChI is InChI=1S/C13H16BrNO/c14-10-6-7-11(12(15)8-10)13(16)9-4-2-1-3-5-9/h6-9H,1-5,15H2. The number of carbonyl (C=O) groups excluding carboxylic acids is 1. The maximum absolute atomic E-state index is 12.2. The number of nitrogen functional groups attached to an aromatic ring is 1. The van der Waals surface area contributed by atoms with Gasteiger partial charge in [0.25, 0.3) is 0 Å². The Labute approximate surface area is 104 Å². The summed E-state index contributed by atoms with van der Waals surface area (Å²) >= 11 is 3.35. The van der Waals surface area contributed by atoms with Gasteiger partial charge in [0.2, 0.25) is 0 Å². The topological polar surface area (TPSA) is 43.1 Å². The molecule has 16 heavy (non-hydrogen) atoms. The summed E-state index contributed by atoms with van der Waals surface area (Å²) in [5, 5.41) is 0. The predicted molar refractivity (Wildman–Crippen MR) is 69.5 cm³/mol. The Kier molecular flexibility index (Phi) is 3.64. The summed E-state index contributed by atoms with van der Waals surface area (Å²) in [5.41, 5.74) is 7.16. The Morgan fingerprint density at radius 2 is 1.94 bits per heavy atom. The van der Waals surface area contributed by atoms with Crippen molar-refractivity contribution in [2.75, 3.05) is 5.73 Å². The van der Waals surface area contributed by atoms with Crippen molar-refractivity contribution < 1.29 is 4.79 Å². The van der Waals surface area contributed by atoms with Gasteiger partial charge in [-0.15, -0.1) is 0 Å². The van der Waals surface area contributed by atoms with Gasteiger partial charge in [-0.25, -0.2) is 0 Å². The van der Waals surface area contributed by atoms with E-state index in [1.54, 1.807) is 6.07 Å². The fourth-order valence-electron chi connectivity index (χ4n) is 2.34. The Morgan fingerprint density at radius 1 is 1.25 bits per heavy atom. The Balaban J connectivity index is 2.19. The van der Waals surface area contributed by atoms with Crippen LogP contribution in [0.4, 0.5) is 5.69 Å². The molecule has 1 aromatic rings. The van der Waals surface area contributed by atoms with Crippen molar-refractivity contribution in [1.82, 2.24) is 0 Å². The predicted octanol–water partition coefficient (Wildman–Crippen LogP) is 3.79. The third-order valence-corrected chi connectivity index (χ3v) is 3.75. The van der Waals surface area contributed by atoms with Crippen LogP contribution in [0.25, 0.3) is 0 Å². The molecule has 0 bridgehead atoms. The zero-order valence-corrected chi connectivity index (χ0v) is 10.8. The van der Waals surface area contributed by atoms with E-state index in [-0.39, 0.29) is 11.7 Å². The SMILES string of the molecule is Nc1cc(Br)ccc1C(=O)C1CCCCC1. The Bertz CT molecular complexity index is 397. The molecule has 0 unspecified atom stereocenters. The minimum absolute atomic E-state index is 0.192. The maximum Gasteiger partial charge on any atom is 0.168 e. The molecule has 0 spiro atoms. The van der Waals surface area contributed by atoms with Crippen LogP contribution in [-0.4, -0.2) is 5.78 Å². The van der Waals surface area contributed by atoms with E-state index in [0.29, 0.717) is 11.3 Å². The minimum Gasteiger partial charge on any atom is -0.398 e. The quantitative estimate of drug-likeness (QED) is 0.662. The summed E-state index contributed by atoms with van der Waals surface area (Å²) in [6.45, 7) is 0. The van der Waals surface area contributed by atoms with Gasteiger partial charge >= 0.3 is 0 Å². The van der Waals surface area contributed by atoms with Gasteiger partial charge in [-0.05, 0) is 31.0 Å². The number of rotatable bonds is 2. The Hall–Kier alpha value is -0.830. The van der Waals surface area contributed by atoms with E-state index in [1.807, 2.05) is 12.1 Å². The molecule has 1 aromatic carbocycles. The van der Waals surface area contributed by atoms with E-state index in [2.05, 4.69) is 15.9 Å². The van der Waals surface area contributed by atoms with Gasteiger partial charge in [-0.2, -0.15) is 0 Å². The smallest absolute Gasteiger partial charge is 0.168 e. The van der Waals surface area contributed by atoms with E-state index in [4.69, 9.17) is 5.73 Å². The van der Waals surface area contributed by atoms with Crippen molar-refractivity contribution in [2.24, 2.45) is 5.92 Å². The van der Waals surface area contributed by atoms with E-state index >= 15 is 0 Å². The van der Waals surface area contributed by atoms with Crippen molar-refractivity contribution in [3.63, 3.8) is 0 Å². The molecule has 0 amide bonds. The second-order valence-corrected chi connectivity index (χ2v) is 5.35. The molecule has 0 aromatic heterocycles. The molecule has 0 aliphatic heterocycles. The average molecular weight is 282 g/mol. The second kappa shape index (κ2) is 5.00. The molecular formula is C13H16BrNO. The molecule has 3 heteroatoms. The number of ketones is 1. The van der Waals surface area contributed by atoms with Gasteiger partial charge in [0.15, 0.2) is 5.78 Å². The third kappa shape index (κ3) is 2.46. The monoisotopic (exact) mass is 281 g/mol. The normalized spacial score (nSPS) is 17.3. The molecule has 2 nitrogen and oxygen atoms in total. The molecule has 0 atom stereocenters. The van der Waals surface area contributed by atoms with Crippen molar-refractivity contribution >= 4 is 27.4 Å². The van der Waals surface area contributed by atoms with E-state index < -0.39 is 0 Å². The van der Waals surface area contributed by atoms with Crippen molar-refractivity contribution in [2.45, 2.75) is 32.1 Å². The van der Waals surface area contributed by atoms with Crippen LogP contribution in [0.15, 0.2) is 22.7 Å². The first-order chi connectivity index (χ1) is 7.68. The van der Waals surface area contributed by atoms with Crippen LogP contribution in [0.2, 0.25) is 0 Å². The summed E-state index contributed by atoms with van der Waals surface area (Å²) < 4.78 is 0.921. The highest BCUT2D eigenvalue weighted by atomic mass is 79.9. The summed E-state index contributed by atoms with van der Waals surface area (Å²) in [6.07, 6.45) is 5.65. The van der Waals surface area contributed by atoms with Gasteiger partial charge < -0.3 is 5.73 Å². The van der Waals surface area contributed by atoms with E-state index in [1.165, 1.54) is 19.3 Å². The number of hydrogen-bond acceptors (Lipinski definition) is 2. The van der Waals surface area contributed by atoms with Crippen LogP contribution < -0.4 is 5.73 Å². The summed E-state index contributed by atoms with van der Waals surface area (Å²) in [6, 6.07) is 5.51. The number of Topliss-reactive ketones (excluding diaryl/α,β-unsaturated/α-hetero) is 1. The molecule has 2 N–H and O–H groups in total. The van der Waals surface area contributed by atoms with Gasteiger partial charge in [-0.1, -0.05) is 35.2 Å². The minimum atomic E-state index is 0.192. The highest BCUT2D eigenvalue weighted by Crippen LogP contribution is 2.29. The number of benzene rings is 1. The highest BCUT2D eigenvalue weighted by Gasteiger charge is 2.23. The first-order valence-corrected chi connectivity index (χ1v) is 6.57. The molecule has 0 radical (unpaired) electrons. The molecule has 0 heterocycles. The van der Waals surface area contributed by atoms with Crippen molar-refractivity contribution in [3.05, 3.63) is 28.2 Å². The number of anilines is 1. The molecule has 1 aliphatic rings. The van der Waals surface area contributed by atoms with Crippen molar-refractivity contribution in [3.8, 4) is 0 Å². The van der Waals surface area contributed by atoms with Gasteiger partial charge in [0, 0.05) is 21.6 Å². The van der Waals surface area contributed by atoms with Crippen LogP contribution in [0.5, 0.6) is 0 Å². The zero-order chi connectivity index (χ0) is 11.5. The Morgan fingerprint density at radius 3 is 2.56 bits per heavy atom. The largest absolute Gasteiger partial charge is 0.398 e. The number of hydrogen-bond donors (Lipinski definition) is 1. The molecule has 0 saturated heterocycles. The zero-order valence-electron chi connectivity index (χ0n) is 9.21. The fraction of sp³-hybridized carbons (Fsp3) is 0.462. The van der Waals surface area contributed by atoms with Gasteiger partial charge in [0.05, 0.1) is 0 Å². The lowest BCUT2D eigenvalue weighted by Crippen LogP contribution is -2.19. The molecule has 2 rings (SSSR count). The number of carbonyl (C=O) groups is 1.